The summed E-state index contributed by atoms with van der Waals surface area (Å²) in [5.41, 5.74) is 5.48. The molecule has 1 fully saturated rings. The van der Waals surface area contributed by atoms with Crippen molar-refractivity contribution < 1.29 is 0 Å². The summed E-state index contributed by atoms with van der Waals surface area (Å²) in [5.74, 6) is 7.44. The lowest BCUT2D eigenvalue weighted by Crippen LogP contribution is -2.17. The lowest BCUT2D eigenvalue weighted by atomic mass is 10.0. The van der Waals surface area contributed by atoms with Crippen LogP contribution in [0.3, 0.4) is 0 Å². The summed E-state index contributed by atoms with van der Waals surface area (Å²) in [5, 5.41) is 11.0. The first-order valence-corrected chi connectivity index (χ1v) is 4.93. The molecule has 6 heteroatoms. The largest absolute Gasteiger partial charge is 0.366 e. The molecule has 1 aliphatic rings. The topological polar surface area (TPSA) is 94.8 Å². The molecule has 0 saturated carbocycles. The number of aromatic nitrogens is 3. The van der Waals surface area contributed by atoms with Gasteiger partial charge in [-0.25, -0.2) is 4.68 Å². The molecule has 1 atom stereocenters. The summed E-state index contributed by atoms with van der Waals surface area (Å²) in [6.45, 7) is 2.23. The Hall–Kier alpha value is -1.30. The van der Waals surface area contributed by atoms with E-state index in [0.717, 1.165) is 37.7 Å². The van der Waals surface area contributed by atoms with Gasteiger partial charge in [0.15, 0.2) is 5.82 Å². The van der Waals surface area contributed by atoms with Crippen molar-refractivity contribution >= 4 is 5.95 Å². The van der Waals surface area contributed by atoms with Crippen molar-refractivity contribution in [2.75, 3.05) is 24.7 Å². The second-order valence-electron chi connectivity index (χ2n) is 3.74. The van der Waals surface area contributed by atoms with E-state index >= 15 is 0 Å². The molecule has 1 aliphatic heterocycles. The molecule has 0 amide bonds. The molecule has 1 saturated heterocycles. The van der Waals surface area contributed by atoms with Gasteiger partial charge in [-0.05, 0) is 31.8 Å². The number of aryl methyl sites for hydroxylation is 1. The molecule has 5 N–H and O–H groups in total. The quantitative estimate of drug-likeness (QED) is 0.545. The number of hydrogen-bond donors (Lipinski definition) is 3. The normalized spacial score (nSPS) is 21.6. The number of hydrogen-bond acceptors (Lipinski definition) is 5. The summed E-state index contributed by atoms with van der Waals surface area (Å²) in [6, 6.07) is 0. The molecule has 0 aromatic carbocycles. The standard InChI is InChI=1S/C8H16N6/c9-8-13-12-7(14(8)10)2-1-6-3-4-11-5-6/h6,11H,1-5,10H2,(H2,9,13). The zero-order valence-corrected chi connectivity index (χ0v) is 8.11. The molecule has 78 valence electrons. The highest BCUT2D eigenvalue weighted by Gasteiger charge is 2.15. The Bertz CT molecular complexity index is 301. The molecule has 1 aromatic rings. The fraction of sp³-hybridized carbons (Fsp3) is 0.750. The van der Waals surface area contributed by atoms with E-state index in [9.17, 15) is 0 Å². The van der Waals surface area contributed by atoms with Crippen LogP contribution in [0.25, 0.3) is 0 Å². The van der Waals surface area contributed by atoms with Gasteiger partial charge in [-0.2, -0.15) is 0 Å². The molecule has 1 aromatic heterocycles. The van der Waals surface area contributed by atoms with Crippen molar-refractivity contribution in [1.29, 1.82) is 0 Å². The van der Waals surface area contributed by atoms with E-state index in [1.165, 1.54) is 11.1 Å². The first-order chi connectivity index (χ1) is 6.77. The smallest absolute Gasteiger partial charge is 0.240 e. The van der Waals surface area contributed by atoms with Crippen molar-refractivity contribution in [3.63, 3.8) is 0 Å². The molecule has 0 bridgehead atoms. The van der Waals surface area contributed by atoms with Crippen LogP contribution in [0.5, 0.6) is 0 Å². The summed E-state index contributed by atoms with van der Waals surface area (Å²) in [6.07, 6.45) is 3.20. The molecule has 14 heavy (non-hydrogen) atoms. The maximum Gasteiger partial charge on any atom is 0.240 e. The van der Waals surface area contributed by atoms with E-state index in [0.29, 0.717) is 0 Å². The van der Waals surface area contributed by atoms with Crippen LogP contribution in [-0.2, 0) is 6.42 Å². The number of rotatable bonds is 3. The third-order valence-corrected chi connectivity index (χ3v) is 2.73. The van der Waals surface area contributed by atoms with Crippen LogP contribution >= 0.6 is 0 Å². The summed E-state index contributed by atoms with van der Waals surface area (Å²) >= 11 is 0. The van der Waals surface area contributed by atoms with Crippen molar-refractivity contribution in [2.45, 2.75) is 19.3 Å². The molecule has 0 aliphatic carbocycles. The summed E-state index contributed by atoms with van der Waals surface area (Å²) < 4.78 is 1.36. The minimum absolute atomic E-state index is 0.282. The Morgan fingerprint density at radius 2 is 2.36 bits per heavy atom. The van der Waals surface area contributed by atoms with Crippen LogP contribution in [0.15, 0.2) is 0 Å². The molecular formula is C8H16N6. The van der Waals surface area contributed by atoms with Crippen LogP contribution in [0, 0.1) is 5.92 Å². The molecule has 1 unspecified atom stereocenters. The van der Waals surface area contributed by atoms with E-state index in [2.05, 4.69) is 15.5 Å². The maximum atomic E-state index is 5.64. The van der Waals surface area contributed by atoms with Crippen molar-refractivity contribution in [3.05, 3.63) is 5.82 Å². The minimum atomic E-state index is 0.282. The number of anilines is 1. The van der Waals surface area contributed by atoms with Crippen molar-refractivity contribution in [3.8, 4) is 0 Å². The zero-order valence-electron chi connectivity index (χ0n) is 8.11. The van der Waals surface area contributed by atoms with Crippen LogP contribution in [0.4, 0.5) is 5.95 Å². The van der Waals surface area contributed by atoms with Gasteiger partial charge in [0.25, 0.3) is 0 Å². The lowest BCUT2D eigenvalue weighted by molar-refractivity contribution is 0.521. The second kappa shape index (κ2) is 3.83. The first-order valence-electron chi connectivity index (χ1n) is 4.93. The highest BCUT2D eigenvalue weighted by atomic mass is 15.4. The highest BCUT2D eigenvalue weighted by molar-refractivity contribution is 5.17. The molecule has 6 nitrogen and oxygen atoms in total. The van der Waals surface area contributed by atoms with Gasteiger partial charge in [-0.1, -0.05) is 0 Å². The maximum absolute atomic E-state index is 5.64. The van der Waals surface area contributed by atoms with Crippen LogP contribution in [-0.4, -0.2) is 28.0 Å². The average Bonchev–Trinajstić information content (AvgIpc) is 2.77. The van der Waals surface area contributed by atoms with Crippen molar-refractivity contribution in [1.82, 2.24) is 20.2 Å². The van der Waals surface area contributed by atoms with Crippen LogP contribution < -0.4 is 16.9 Å². The molecule has 2 heterocycles. The Morgan fingerprint density at radius 3 is 2.93 bits per heavy atom. The lowest BCUT2D eigenvalue weighted by Gasteiger charge is -2.06. The molecule has 0 spiro atoms. The third kappa shape index (κ3) is 1.79. The Balaban J connectivity index is 1.88. The fourth-order valence-corrected chi connectivity index (χ4v) is 1.80. The van der Waals surface area contributed by atoms with Gasteiger partial charge in [0, 0.05) is 6.42 Å². The number of nitrogens with two attached hydrogens (primary N) is 2. The molecule has 2 rings (SSSR count). The zero-order chi connectivity index (χ0) is 9.97. The monoisotopic (exact) mass is 196 g/mol. The highest BCUT2D eigenvalue weighted by Crippen LogP contribution is 2.14. The van der Waals surface area contributed by atoms with E-state index < -0.39 is 0 Å². The van der Waals surface area contributed by atoms with E-state index in [1.807, 2.05) is 0 Å². The predicted molar refractivity (Wildman–Crippen MR) is 53.9 cm³/mol. The number of nitrogen functional groups attached to an aromatic ring is 2. The number of nitrogens with zero attached hydrogens (tertiary/aromatic N) is 3. The average molecular weight is 196 g/mol. The van der Waals surface area contributed by atoms with Gasteiger partial charge in [0.05, 0.1) is 0 Å². The first kappa shape index (κ1) is 9.26. The van der Waals surface area contributed by atoms with E-state index in [1.54, 1.807) is 0 Å². The van der Waals surface area contributed by atoms with Gasteiger partial charge in [0.2, 0.25) is 5.95 Å². The second-order valence-corrected chi connectivity index (χ2v) is 3.74. The molecular weight excluding hydrogens is 180 g/mol. The van der Waals surface area contributed by atoms with Gasteiger partial charge >= 0.3 is 0 Å². The Kier molecular flexibility index (Phi) is 2.53. The van der Waals surface area contributed by atoms with Gasteiger partial charge in [-0.15, -0.1) is 10.2 Å². The third-order valence-electron chi connectivity index (χ3n) is 2.73. The summed E-state index contributed by atoms with van der Waals surface area (Å²) in [7, 11) is 0. The Morgan fingerprint density at radius 1 is 1.50 bits per heavy atom. The predicted octanol–water partition coefficient (Wildman–Crippen LogP) is -0.884. The van der Waals surface area contributed by atoms with Crippen LogP contribution in [0.2, 0.25) is 0 Å². The minimum Gasteiger partial charge on any atom is -0.366 e. The van der Waals surface area contributed by atoms with Gasteiger partial charge in [0.1, 0.15) is 0 Å². The summed E-state index contributed by atoms with van der Waals surface area (Å²) in [4.78, 5) is 0. The van der Waals surface area contributed by atoms with Crippen LogP contribution in [0.1, 0.15) is 18.7 Å². The van der Waals surface area contributed by atoms with Gasteiger partial charge < -0.3 is 16.9 Å². The van der Waals surface area contributed by atoms with Crippen molar-refractivity contribution in [2.24, 2.45) is 5.92 Å². The fourth-order valence-electron chi connectivity index (χ4n) is 1.80. The Labute approximate surface area is 82.6 Å². The van der Waals surface area contributed by atoms with E-state index in [-0.39, 0.29) is 5.95 Å². The van der Waals surface area contributed by atoms with E-state index in [4.69, 9.17) is 11.6 Å². The number of nitrogens with one attached hydrogen (secondary N) is 1. The van der Waals surface area contributed by atoms with Gasteiger partial charge in [-0.3, -0.25) is 0 Å². The molecule has 0 radical (unpaired) electrons. The SMILES string of the molecule is Nc1nnc(CCC2CCNC2)n1N.